The number of methoxy groups -OCH3 is 1. The summed E-state index contributed by atoms with van der Waals surface area (Å²) in [6, 6.07) is 12.9. The van der Waals surface area contributed by atoms with E-state index >= 15 is 0 Å². The molecule has 4 nitrogen and oxygen atoms in total. The average Bonchev–Trinajstić information content (AvgIpc) is 2.91. The maximum atomic E-state index is 12.4. The number of amides is 1. The lowest BCUT2D eigenvalue weighted by Crippen LogP contribution is -2.17. The summed E-state index contributed by atoms with van der Waals surface area (Å²) in [5.41, 5.74) is 1.76. The summed E-state index contributed by atoms with van der Waals surface area (Å²) in [4.78, 5) is 17.2. The predicted octanol–water partition coefficient (Wildman–Crippen LogP) is 3.67. The molecule has 0 atom stereocenters. The maximum Gasteiger partial charge on any atom is 0.252 e. The van der Waals surface area contributed by atoms with Crippen LogP contribution in [-0.4, -0.2) is 17.6 Å². The molecule has 0 N–H and O–H groups in total. The Labute approximate surface area is 154 Å². The van der Waals surface area contributed by atoms with E-state index in [4.69, 9.17) is 22.8 Å². The zero-order valence-corrected chi connectivity index (χ0v) is 15.1. The first kappa shape index (κ1) is 17.3. The molecule has 2 aromatic carbocycles. The fraction of sp³-hybridized carbons (Fsp3) is 0.158. The van der Waals surface area contributed by atoms with Gasteiger partial charge in [-0.3, -0.25) is 4.79 Å². The van der Waals surface area contributed by atoms with Crippen LogP contribution in [-0.2, 0) is 17.8 Å². The fourth-order valence-electron chi connectivity index (χ4n) is 2.48. The molecule has 126 valence electrons. The van der Waals surface area contributed by atoms with E-state index in [1.165, 1.54) is 11.3 Å². The lowest BCUT2D eigenvalue weighted by molar-refractivity contribution is -0.117. The monoisotopic (exact) mass is 370 g/mol. The van der Waals surface area contributed by atoms with Gasteiger partial charge in [0, 0.05) is 5.02 Å². The van der Waals surface area contributed by atoms with Crippen LogP contribution < -0.4 is 9.54 Å². The van der Waals surface area contributed by atoms with Gasteiger partial charge in [-0.25, -0.2) is 0 Å². The number of aromatic nitrogens is 1. The Morgan fingerprint density at radius 1 is 1.36 bits per heavy atom. The lowest BCUT2D eigenvalue weighted by Gasteiger charge is -2.02. The summed E-state index contributed by atoms with van der Waals surface area (Å²) in [6.45, 7) is 0.340. The summed E-state index contributed by atoms with van der Waals surface area (Å²) in [5, 5.41) is 0.635. The van der Waals surface area contributed by atoms with E-state index in [0.717, 1.165) is 15.8 Å². The number of carbonyl (C=O) groups is 1. The SMILES string of the molecule is C#CCn1c(=NC(=O)Cc2cccc(OC)c2)sc2cc(Cl)ccc21. The molecule has 0 saturated carbocycles. The lowest BCUT2D eigenvalue weighted by atomic mass is 10.1. The van der Waals surface area contributed by atoms with Crippen molar-refractivity contribution in [3.63, 3.8) is 0 Å². The van der Waals surface area contributed by atoms with Crippen LogP contribution in [0.15, 0.2) is 47.5 Å². The van der Waals surface area contributed by atoms with Gasteiger partial charge in [-0.1, -0.05) is 41.0 Å². The number of hydrogen-bond acceptors (Lipinski definition) is 3. The Bertz CT molecular complexity index is 1040. The second kappa shape index (κ2) is 7.56. The van der Waals surface area contributed by atoms with Crippen molar-refractivity contribution in [2.75, 3.05) is 7.11 Å². The largest absolute Gasteiger partial charge is 0.497 e. The number of halogens is 1. The van der Waals surface area contributed by atoms with E-state index in [2.05, 4.69) is 10.9 Å². The smallest absolute Gasteiger partial charge is 0.252 e. The van der Waals surface area contributed by atoms with Gasteiger partial charge in [0.25, 0.3) is 5.91 Å². The molecule has 0 unspecified atom stereocenters. The van der Waals surface area contributed by atoms with Crippen molar-refractivity contribution in [1.29, 1.82) is 0 Å². The standard InChI is InChI=1S/C19H15ClN2O2S/c1-3-9-22-16-8-7-14(20)12-17(16)25-19(22)21-18(23)11-13-5-4-6-15(10-13)24-2/h1,4-8,10,12H,9,11H2,2H3. The van der Waals surface area contributed by atoms with Crippen LogP contribution in [0.25, 0.3) is 10.2 Å². The number of fused-ring (bicyclic) bond motifs is 1. The van der Waals surface area contributed by atoms with Gasteiger partial charge in [0.2, 0.25) is 0 Å². The van der Waals surface area contributed by atoms with Crippen LogP contribution in [0, 0.1) is 12.3 Å². The molecule has 6 heteroatoms. The molecule has 0 aliphatic heterocycles. The number of nitrogens with zero attached hydrogens (tertiary/aromatic N) is 2. The fourth-order valence-corrected chi connectivity index (χ4v) is 3.80. The summed E-state index contributed by atoms with van der Waals surface area (Å²) >= 11 is 7.44. The van der Waals surface area contributed by atoms with E-state index in [0.29, 0.717) is 22.1 Å². The maximum absolute atomic E-state index is 12.4. The second-order valence-electron chi connectivity index (χ2n) is 5.32. The Kier molecular flexibility index (Phi) is 5.22. The first-order chi connectivity index (χ1) is 12.1. The van der Waals surface area contributed by atoms with Crippen LogP contribution in [0.1, 0.15) is 5.56 Å². The highest BCUT2D eigenvalue weighted by molar-refractivity contribution is 7.16. The minimum atomic E-state index is -0.239. The third-order valence-corrected chi connectivity index (χ3v) is 4.88. The molecular weight excluding hydrogens is 356 g/mol. The zero-order chi connectivity index (χ0) is 17.8. The normalized spacial score (nSPS) is 11.5. The topological polar surface area (TPSA) is 43.6 Å². The van der Waals surface area contributed by atoms with Gasteiger partial charge in [-0.15, -0.1) is 6.42 Å². The van der Waals surface area contributed by atoms with Crippen molar-refractivity contribution in [3.05, 3.63) is 57.9 Å². The quantitative estimate of drug-likeness (QED) is 0.658. The molecular formula is C19H15ClN2O2S. The number of benzene rings is 2. The first-order valence-electron chi connectivity index (χ1n) is 7.53. The highest BCUT2D eigenvalue weighted by Gasteiger charge is 2.09. The van der Waals surface area contributed by atoms with Gasteiger partial charge >= 0.3 is 0 Å². The third-order valence-electron chi connectivity index (χ3n) is 3.60. The third kappa shape index (κ3) is 3.93. The number of rotatable bonds is 4. The van der Waals surface area contributed by atoms with Crippen molar-refractivity contribution >= 4 is 39.1 Å². The second-order valence-corrected chi connectivity index (χ2v) is 6.77. The number of carbonyl (C=O) groups excluding carboxylic acids is 1. The molecule has 0 radical (unpaired) electrons. The molecule has 0 fully saturated rings. The minimum Gasteiger partial charge on any atom is -0.497 e. The molecule has 1 aromatic heterocycles. The van der Waals surface area contributed by atoms with Crippen molar-refractivity contribution < 1.29 is 9.53 Å². The molecule has 3 aromatic rings. The molecule has 1 amide bonds. The first-order valence-corrected chi connectivity index (χ1v) is 8.73. The van der Waals surface area contributed by atoms with Crippen LogP contribution in [0.5, 0.6) is 5.75 Å². The molecule has 0 aliphatic rings. The van der Waals surface area contributed by atoms with Gasteiger partial charge < -0.3 is 9.30 Å². The van der Waals surface area contributed by atoms with Crippen molar-refractivity contribution in [2.24, 2.45) is 4.99 Å². The Hall–Kier alpha value is -2.55. The van der Waals surface area contributed by atoms with E-state index in [9.17, 15) is 4.79 Å². The number of terminal acetylenes is 1. The van der Waals surface area contributed by atoms with Crippen molar-refractivity contribution in [1.82, 2.24) is 4.57 Å². The summed E-state index contributed by atoms with van der Waals surface area (Å²) in [6.07, 6.45) is 5.66. The van der Waals surface area contributed by atoms with Gasteiger partial charge in [-0.05, 0) is 35.9 Å². The number of ether oxygens (including phenoxy) is 1. The Morgan fingerprint density at radius 2 is 2.20 bits per heavy atom. The van der Waals surface area contributed by atoms with Gasteiger partial charge in [0.05, 0.1) is 30.3 Å². The van der Waals surface area contributed by atoms with Crippen molar-refractivity contribution in [2.45, 2.75) is 13.0 Å². The van der Waals surface area contributed by atoms with Crippen LogP contribution in [0.4, 0.5) is 0 Å². The van der Waals surface area contributed by atoms with E-state index in [1.807, 2.05) is 41.0 Å². The van der Waals surface area contributed by atoms with E-state index in [1.54, 1.807) is 13.2 Å². The van der Waals surface area contributed by atoms with E-state index < -0.39 is 0 Å². The Morgan fingerprint density at radius 3 is 2.96 bits per heavy atom. The molecule has 0 spiro atoms. The molecule has 0 aliphatic carbocycles. The van der Waals surface area contributed by atoms with Gasteiger partial charge in [0.15, 0.2) is 4.80 Å². The van der Waals surface area contributed by atoms with Crippen LogP contribution >= 0.6 is 22.9 Å². The average molecular weight is 371 g/mol. The molecule has 3 rings (SSSR count). The summed E-state index contributed by atoms with van der Waals surface area (Å²) in [5.74, 6) is 3.08. The highest BCUT2D eigenvalue weighted by Crippen LogP contribution is 2.22. The van der Waals surface area contributed by atoms with Crippen LogP contribution in [0.3, 0.4) is 0 Å². The predicted molar refractivity (Wildman–Crippen MR) is 101 cm³/mol. The van der Waals surface area contributed by atoms with Gasteiger partial charge in [0.1, 0.15) is 5.75 Å². The Balaban J connectivity index is 1.98. The highest BCUT2D eigenvalue weighted by atomic mass is 35.5. The number of thiazole rings is 1. The van der Waals surface area contributed by atoms with Crippen LogP contribution in [0.2, 0.25) is 5.02 Å². The summed E-state index contributed by atoms with van der Waals surface area (Å²) < 4.78 is 7.97. The van der Waals surface area contributed by atoms with E-state index in [-0.39, 0.29) is 12.3 Å². The molecule has 0 bridgehead atoms. The minimum absolute atomic E-state index is 0.197. The van der Waals surface area contributed by atoms with Crippen molar-refractivity contribution in [3.8, 4) is 18.1 Å². The number of hydrogen-bond donors (Lipinski definition) is 0. The van der Waals surface area contributed by atoms with Gasteiger partial charge in [-0.2, -0.15) is 4.99 Å². The molecule has 1 heterocycles. The molecule has 0 saturated heterocycles. The zero-order valence-electron chi connectivity index (χ0n) is 13.5. The summed E-state index contributed by atoms with van der Waals surface area (Å²) in [7, 11) is 1.59. The molecule has 25 heavy (non-hydrogen) atoms.